The molecular weight excluding hydrogens is 569 g/mol. The van der Waals surface area contributed by atoms with Crippen molar-refractivity contribution < 1.29 is 18.0 Å². The summed E-state index contributed by atoms with van der Waals surface area (Å²) in [5, 5.41) is 3.59. The first-order valence-corrected chi connectivity index (χ1v) is 14.3. The van der Waals surface area contributed by atoms with Crippen LogP contribution in [0.3, 0.4) is 0 Å². The molecule has 1 unspecified atom stereocenters. The highest BCUT2D eigenvalue weighted by molar-refractivity contribution is 7.92. The van der Waals surface area contributed by atoms with Crippen molar-refractivity contribution in [3.05, 3.63) is 93.4 Å². The van der Waals surface area contributed by atoms with E-state index in [1.165, 1.54) is 23.1 Å². The van der Waals surface area contributed by atoms with Gasteiger partial charge in [0.15, 0.2) is 0 Å². The van der Waals surface area contributed by atoms with Crippen molar-refractivity contribution in [2.45, 2.75) is 44.3 Å². The molecule has 0 heterocycles. The first-order valence-electron chi connectivity index (χ1n) is 11.8. The second-order valence-corrected chi connectivity index (χ2v) is 12.0. The van der Waals surface area contributed by atoms with Gasteiger partial charge in [-0.3, -0.25) is 13.9 Å². The highest BCUT2D eigenvalue weighted by atomic mass is 35.5. The van der Waals surface area contributed by atoms with Crippen molar-refractivity contribution in [1.82, 2.24) is 10.2 Å². The number of nitrogens with one attached hydrogen (secondary N) is 1. The fourth-order valence-electron chi connectivity index (χ4n) is 3.71. The maximum atomic E-state index is 13.8. The third-order valence-electron chi connectivity index (χ3n) is 5.67. The molecule has 1 N–H and O–H groups in total. The smallest absolute Gasteiger partial charge is 0.264 e. The second kappa shape index (κ2) is 12.8. The van der Waals surface area contributed by atoms with E-state index in [-0.39, 0.29) is 34.1 Å². The Morgan fingerprint density at radius 3 is 2.08 bits per heavy atom. The Balaban J connectivity index is 2.04. The number of nitrogens with zero attached hydrogens (tertiary/aromatic N) is 2. The number of benzene rings is 3. The van der Waals surface area contributed by atoms with Gasteiger partial charge in [-0.15, -0.1) is 0 Å². The third kappa shape index (κ3) is 7.20. The van der Waals surface area contributed by atoms with Gasteiger partial charge >= 0.3 is 0 Å². The lowest BCUT2D eigenvalue weighted by Crippen LogP contribution is -2.52. The summed E-state index contributed by atoms with van der Waals surface area (Å²) >= 11 is 18.6. The minimum atomic E-state index is -4.19. The molecule has 0 saturated carbocycles. The van der Waals surface area contributed by atoms with Crippen molar-refractivity contribution in [3.8, 4) is 0 Å². The van der Waals surface area contributed by atoms with Crippen molar-refractivity contribution in [1.29, 1.82) is 0 Å². The van der Waals surface area contributed by atoms with Crippen LogP contribution in [0.15, 0.2) is 77.7 Å². The highest BCUT2D eigenvalue weighted by Crippen LogP contribution is 2.31. The largest absolute Gasteiger partial charge is 0.352 e. The van der Waals surface area contributed by atoms with E-state index in [1.807, 2.05) is 0 Å². The van der Waals surface area contributed by atoms with Crippen LogP contribution >= 0.6 is 34.8 Å². The molecule has 0 aliphatic carbocycles. The molecule has 0 bridgehead atoms. The minimum absolute atomic E-state index is 0.00523. The monoisotopic (exact) mass is 595 g/mol. The summed E-state index contributed by atoms with van der Waals surface area (Å²) in [6.45, 7) is 4.59. The van der Waals surface area contributed by atoms with E-state index in [2.05, 4.69) is 5.32 Å². The molecule has 2 amide bonds. The SMILES string of the molecule is CC(C)NC(=O)C(C)N(Cc1ccc(Cl)c(Cl)c1)C(=O)CN(c1ccccc1Cl)S(=O)(=O)c1ccccc1. The summed E-state index contributed by atoms with van der Waals surface area (Å²) in [6, 6.07) is 17.9. The first kappa shape index (κ1) is 29.8. The summed E-state index contributed by atoms with van der Waals surface area (Å²) in [5.41, 5.74) is 0.757. The summed E-state index contributed by atoms with van der Waals surface area (Å²) in [4.78, 5) is 28.1. The second-order valence-electron chi connectivity index (χ2n) is 8.89. The van der Waals surface area contributed by atoms with Crippen LogP contribution in [0, 0.1) is 0 Å². The van der Waals surface area contributed by atoms with E-state index in [1.54, 1.807) is 75.4 Å². The van der Waals surface area contributed by atoms with E-state index in [0.29, 0.717) is 15.6 Å². The lowest BCUT2D eigenvalue weighted by molar-refractivity contribution is -0.139. The van der Waals surface area contributed by atoms with Crippen LogP contribution in [-0.2, 0) is 26.2 Å². The van der Waals surface area contributed by atoms with Crippen LogP contribution in [0.4, 0.5) is 5.69 Å². The highest BCUT2D eigenvalue weighted by Gasteiger charge is 2.33. The molecule has 7 nitrogen and oxygen atoms in total. The molecule has 0 aromatic heterocycles. The molecule has 0 radical (unpaired) electrons. The third-order valence-corrected chi connectivity index (χ3v) is 8.50. The number of anilines is 1. The molecule has 38 heavy (non-hydrogen) atoms. The van der Waals surface area contributed by atoms with Crippen LogP contribution in [0.25, 0.3) is 0 Å². The molecule has 202 valence electrons. The van der Waals surface area contributed by atoms with Crippen molar-refractivity contribution in [2.24, 2.45) is 0 Å². The summed E-state index contributed by atoms with van der Waals surface area (Å²) in [6.07, 6.45) is 0. The zero-order chi connectivity index (χ0) is 28.0. The maximum Gasteiger partial charge on any atom is 0.264 e. The fraction of sp³-hybridized carbons (Fsp3) is 0.259. The fourth-order valence-corrected chi connectivity index (χ4v) is 5.77. The van der Waals surface area contributed by atoms with Gasteiger partial charge in [0.05, 0.1) is 25.7 Å². The van der Waals surface area contributed by atoms with Gasteiger partial charge in [0.25, 0.3) is 10.0 Å². The number of para-hydroxylation sites is 1. The van der Waals surface area contributed by atoms with Crippen molar-refractivity contribution in [2.75, 3.05) is 10.8 Å². The van der Waals surface area contributed by atoms with Gasteiger partial charge in [0.1, 0.15) is 12.6 Å². The standard InChI is InChI=1S/C27H28Cl3N3O4S/c1-18(2)31-27(35)19(3)32(16-20-13-14-22(28)24(30)15-20)26(34)17-33(25-12-8-7-11-23(25)29)38(36,37)21-9-5-4-6-10-21/h4-15,18-19H,16-17H2,1-3H3,(H,31,35). The number of amides is 2. The molecule has 0 aliphatic heterocycles. The average molecular weight is 597 g/mol. The number of halogens is 3. The van der Waals surface area contributed by atoms with Crippen LogP contribution in [0.5, 0.6) is 0 Å². The summed E-state index contributed by atoms with van der Waals surface area (Å²) < 4.78 is 28.4. The number of sulfonamides is 1. The zero-order valence-corrected chi connectivity index (χ0v) is 24.2. The van der Waals surface area contributed by atoms with Gasteiger partial charge in [0, 0.05) is 12.6 Å². The number of hydrogen-bond donors (Lipinski definition) is 1. The van der Waals surface area contributed by atoms with Crippen LogP contribution in [-0.4, -0.2) is 43.8 Å². The van der Waals surface area contributed by atoms with Crippen LogP contribution in [0.2, 0.25) is 15.1 Å². The minimum Gasteiger partial charge on any atom is -0.352 e. The van der Waals surface area contributed by atoms with Crippen molar-refractivity contribution >= 4 is 62.3 Å². The Bertz CT molecular complexity index is 1400. The van der Waals surface area contributed by atoms with Gasteiger partial charge in [-0.2, -0.15) is 0 Å². The molecule has 3 aromatic carbocycles. The van der Waals surface area contributed by atoms with Gasteiger partial charge < -0.3 is 10.2 Å². The number of carbonyl (C=O) groups is 2. The van der Waals surface area contributed by atoms with Gasteiger partial charge in [-0.05, 0) is 62.7 Å². The number of rotatable bonds is 10. The molecule has 1 atom stereocenters. The Morgan fingerprint density at radius 2 is 1.47 bits per heavy atom. The van der Waals surface area contributed by atoms with Gasteiger partial charge in [-0.25, -0.2) is 8.42 Å². The lowest BCUT2D eigenvalue weighted by atomic mass is 10.1. The number of hydrogen-bond acceptors (Lipinski definition) is 4. The van der Waals surface area contributed by atoms with Crippen LogP contribution < -0.4 is 9.62 Å². The van der Waals surface area contributed by atoms with Gasteiger partial charge in [-0.1, -0.05) is 71.2 Å². The zero-order valence-electron chi connectivity index (χ0n) is 21.1. The van der Waals surface area contributed by atoms with E-state index >= 15 is 0 Å². The molecule has 3 aromatic rings. The summed E-state index contributed by atoms with van der Waals surface area (Å²) in [5.74, 6) is -0.995. The summed E-state index contributed by atoms with van der Waals surface area (Å²) in [7, 11) is -4.19. The van der Waals surface area contributed by atoms with Crippen molar-refractivity contribution in [3.63, 3.8) is 0 Å². The Labute approximate surface area is 238 Å². The maximum absolute atomic E-state index is 13.8. The molecular formula is C27H28Cl3N3O4S. The van der Waals surface area contributed by atoms with E-state index in [4.69, 9.17) is 34.8 Å². The Hall–Kier alpha value is -2.78. The predicted molar refractivity (Wildman–Crippen MR) is 152 cm³/mol. The Kier molecular flexibility index (Phi) is 10.1. The molecule has 0 fully saturated rings. The quantitative estimate of drug-likeness (QED) is 0.321. The number of carbonyl (C=O) groups excluding carboxylic acids is 2. The molecule has 11 heteroatoms. The van der Waals surface area contributed by atoms with E-state index in [0.717, 1.165) is 4.31 Å². The molecule has 0 aliphatic rings. The topological polar surface area (TPSA) is 86.8 Å². The normalized spacial score (nSPS) is 12.2. The average Bonchev–Trinajstić information content (AvgIpc) is 2.88. The molecule has 0 saturated heterocycles. The van der Waals surface area contributed by atoms with E-state index in [9.17, 15) is 18.0 Å². The Morgan fingerprint density at radius 1 is 0.842 bits per heavy atom. The van der Waals surface area contributed by atoms with Gasteiger partial charge in [0.2, 0.25) is 11.8 Å². The lowest BCUT2D eigenvalue weighted by Gasteiger charge is -2.32. The molecule has 3 rings (SSSR count). The predicted octanol–water partition coefficient (Wildman–Crippen LogP) is 5.78. The molecule has 0 spiro atoms. The van der Waals surface area contributed by atoms with Crippen LogP contribution in [0.1, 0.15) is 26.3 Å². The first-order chi connectivity index (χ1) is 17.9. The van der Waals surface area contributed by atoms with E-state index < -0.39 is 28.5 Å².